The molecule has 1 aromatic carbocycles. The average Bonchev–Trinajstić information content (AvgIpc) is 2.33. The summed E-state index contributed by atoms with van der Waals surface area (Å²) in [5.41, 5.74) is -0.0222. The first-order valence-electron chi connectivity index (χ1n) is 5.17. The van der Waals surface area contributed by atoms with Crippen molar-refractivity contribution in [1.82, 2.24) is 10.6 Å². The second-order valence-corrected chi connectivity index (χ2v) is 3.85. The summed E-state index contributed by atoms with van der Waals surface area (Å²) in [6.07, 6.45) is -4.56. The summed E-state index contributed by atoms with van der Waals surface area (Å²) in [6.45, 7) is 0.104. The van der Waals surface area contributed by atoms with Gasteiger partial charge in [-0.25, -0.2) is 4.79 Å². The van der Waals surface area contributed by atoms with Crippen molar-refractivity contribution in [2.75, 3.05) is 12.4 Å². The van der Waals surface area contributed by atoms with Crippen LogP contribution in [0.4, 0.5) is 18.0 Å². The Balaban J connectivity index is 2.78. The van der Waals surface area contributed by atoms with Gasteiger partial charge in [-0.3, -0.25) is 0 Å². The second kappa shape index (κ2) is 6.49. The Morgan fingerprint density at radius 1 is 1.28 bits per heavy atom. The molecule has 0 aliphatic heterocycles. The van der Waals surface area contributed by atoms with E-state index in [0.717, 1.165) is 0 Å². The molecule has 7 heteroatoms. The van der Waals surface area contributed by atoms with Crippen LogP contribution in [0.3, 0.4) is 0 Å². The molecular weight excluding hydrogens is 269 g/mol. The summed E-state index contributed by atoms with van der Waals surface area (Å²) in [7, 11) is 0. The van der Waals surface area contributed by atoms with Gasteiger partial charge in [-0.15, -0.1) is 11.6 Å². The highest BCUT2D eigenvalue weighted by Gasteiger charge is 2.41. The number of amides is 2. The maximum atomic E-state index is 12.8. The van der Waals surface area contributed by atoms with Gasteiger partial charge >= 0.3 is 12.2 Å². The van der Waals surface area contributed by atoms with Crippen molar-refractivity contribution >= 4 is 17.6 Å². The summed E-state index contributed by atoms with van der Waals surface area (Å²) in [4.78, 5) is 11.3. The van der Waals surface area contributed by atoms with E-state index in [0.29, 0.717) is 0 Å². The quantitative estimate of drug-likeness (QED) is 0.818. The number of carbonyl (C=O) groups excluding carboxylic acids is 1. The zero-order chi connectivity index (χ0) is 13.6. The van der Waals surface area contributed by atoms with E-state index in [2.05, 4.69) is 5.32 Å². The maximum absolute atomic E-state index is 12.8. The van der Waals surface area contributed by atoms with E-state index in [1.165, 1.54) is 24.3 Å². The number of nitrogens with one attached hydrogen (secondary N) is 2. The van der Waals surface area contributed by atoms with E-state index in [-0.39, 0.29) is 18.0 Å². The maximum Gasteiger partial charge on any atom is 0.412 e. The van der Waals surface area contributed by atoms with E-state index in [1.807, 2.05) is 5.32 Å². The van der Waals surface area contributed by atoms with Crippen LogP contribution in [0, 0.1) is 0 Å². The minimum Gasteiger partial charge on any atom is -0.337 e. The largest absolute Gasteiger partial charge is 0.412 e. The van der Waals surface area contributed by atoms with Gasteiger partial charge in [-0.1, -0.05) is 30.3 Å². The van der Waals surface area contributed by atoms with Gasteiger partial charge in [-0.2, -0.15) is 13.2 Å². The first-order chi connectivity index (χ1) is 8.45. The fourth-order valence-electron chi connectivity index (χ4n) is 1.34. The number of rotatable bonds is 4. The Bertz CT molecular complexity index is 384. The minimum absolute atomic E-state index is 0.0222. The summed E-state index contributed by atoms with van der Waals surface area (Å²) >= 11 is 5.32. The van der Waals surface area contributed by atoms with E-state index in [1.54, 1.807) is 6.07 Å². The first-order valence-corrected chi connectivity index (χ1v) is 5.70. The molecular formula is C11H12ClF3N2O. The van der Waals surface area contributed by atoms with Crippen LogP contribution in [-0.4, -0.2) is 24.6 Å². The van der Waals surface area contributed by atoms with Crippen molar-refractivity contribution in [3.8, 4) is 0 Å². The van der Waals surface area contributed by atoms with Gasteiger partial charge in [0.1, 0.15) is 0 Å². The molecule has 0 bridgehead atoms. The van der Waals surface area contributed by atoms with Crippen LogP contribution in [0.25, 0.3) is 0 Å². The fourth-order valence-corrected chi connectivity index (χ4v) is 1.44. The number of halogens is 4. The third-order valence-electron chi connectivity index (χ3n) is 2.12. The third kappa shape index (κ3) is 4.44. The smallest absolute Gasteiger partial charge is 0.337 e. The molecule has 0 saturated heterocycles. The molecule has 3 nitrogen and oxygen atoms in total. The highest BCUT2D eigenvalue weighted by molar-refractivity contribution is 6.18. The second-order valence-electron chi connectivity index (χ2n) is 3.47. The lowest BCUT2D eigenvalue weighted by molar-refractivity contribution is -0.154. The van der Waals surface area contributed by atoms with Crippen LogP contribution < -0.4 is 10.6 Å². The van der Waals surface area contributed by atoms with Crippen molar-refractivity contribution in [2.24, 2.45) is 0 Å². The highest BCUT2D eigenvalue weighted by atomic mass is 35.5. The summed E-state index contributed by atoms with van der Waals surface area (Å²) in [5.74, 6) is 0.134. The number of alkyl halides is 4. The molecule has 0 aromatic heterocycles. The molecule has 0 fully saturated rings. The molecule has 0 aliphatic rings. The van der Waals surface area contributed by atoms with Gasteiger partial charge in [0.25, 0.3) is 0 Å². The molecule has 2 amide bonds. The molecule has 0 aliphatic carbocycles. The molecule has 2 N–H and O–H groups in total. The predicted molar refractivity (Wildman–Crippen MR) is 62.5 cm³/mol. The molecule has 1 rings (SSSR count). The van der Waals surface area contributed by atoms with Crippen LogP contribution in [0.1, 0.15) is 11.6 Å². The van der Waals surface area contributed by atoms with Gasteiger partial charge in [0, 0.05) is 12.4 Å². The van der Waals surface area contributed by atoms with Crippen LogP contribution in [0.2, 0.25) is 0 Å². The lowest BCUT2D eigenvalue weighted by atomic mass is 10.1. The minimum atomic E-state index is -4.56. The number of hydrogen-bond acceptors (Lipinski definition) is 1. The molecule has 0 heterocycles. The van der Waals surface area contributed by atoms with Gasteiger partial charge in [0.05, 0.1) is 0 Å². The van der Waals surface area contributed by atoms with Crippen LogP contribution >= 0.6 is 11.6 Å². The Morgan fingerprint density at radius 3 is 2.39 bits per heavy atom. The van der Waals surface area contributed by atoms with E-state index >= 15 is 0 Å². The summed E-state index contributed by atoms with van der Waals surface area (Å²) in [5, 5.41) is 4.10. The van der Waals surface area contributed by atoms with E-state index in [9.17, 15) is 18.0 Å². The third-order valence-corrected chi connectivity index (χ3v) is 2.30. The number of hydrogen-bond donors (Lipinski definition) is 2. The lowest BCUT2D eigenvalue weighted by Crippen LogP contribution is -2.44. The first kappa shape index (κ1) is 14.6. The molecule has 1 unspecified atom stereocenters. The van der Waals surface area contributed by atoms with Crippen LogP contribution in [0.15, 0.2) is 30.3 Å². The van der Waals surface area contributed by atoms with Crippen molar-refractivity contribution in [3.63, 3.8) is 0 Å². The van der Waals surface area contributed by atoms with Crippen LogP contribution in [-0.2, 0) is 0 Å². The Labute approximate surface area is 107 Å². The zero-order valence-electron chi connectivity index (χ0n) is 9.30. The van der Waals surface area contributed by atoms with Crippen molar-refractivity contribution in [3.05, 3.63) is 35.9 Å². The average molecular weight is 281 g/mol. The van der Waals surface area contributed by atoms with E-state index < -0.39 is 18.2 Å². The van der Waals surface area contributed by atoms with Crippen molar-refractivity contribution in [1.29, 1.82) is 0 Å². The zero-order valence-corrected chi connectivity index (χ0v) is 10.1. The summed E-state index contributed by atoms with van der Waals surface area (Å²) < 4.78 is 38.5. The fraction of sp³-hybridized carbons (Fsp3) is 0.364. The Kier molecular flexibility index (Phi) is 5.27. The number of benzene rings is 1. The molecule has 0 saturated carbocycles. The van der Waals surface area contributed by atoms with Crippen molar-refractivity contribution < 1.29 is 18.0 Å². The SMILES string of the molecule is O=C(NCCCl)NC(c1ccccc1)C(F)(F)F. The monoisotopic (exact) mass is 280 g/mol. The Morgan fingerprint density at radius 2 is 1.89 bits per heavy atom. The lowest BCUT2D eigenvalue weighted by Gasteiger charge is -2.22. The highest BCUT2D eigenvalue weighted by Crippen LogP contribution is 2.32. The molecule has 100 valence electrons. The number of urea groups is 1. The molecule has 0 spiro atoms. The Hall–Kier alpha value is -1.43. The molecule has 1 atom stereocenters. The predicted octanol–water partition coefficient (Wildman–Crippen LogP) is 2.83. The normalized spacial score (nSPS) is 12.9. The van der Waals surface area contributed by atoms with Gasteiger partial charge in [0.15, 0.2) is 6.04 Å². The molecule has 1 aromatic rings. The summed E-state index contributed by atoms with van der Waals surface area (Å²) in [6, 6.07) is 4.24. The number of carbonyl (C=O) groups is 1. The van der Waals surface area contributed by atoms with Crippen molar-refractivity contribution in [2.45, 2.75) is 12.2 Å². The molecule has 18 heavy (non-hydrogen) atoms. The topological polar surface area (TPSA) is 41.1 Å². The van der Waals surface area contributed by atoms with Gasteiger partial charge in [0.2, 0.25) is 0 Å². The van der Waals surface area contributed by atoms with E-state index in [4.69, 9.17) is 11.6 Å². The van der Waals surface area contributed by atoms with Gasteiger partial charge in [-0.05, 0) is 5.56 Å². The molecule has 0 radical (unpaired) electrons. The standard InChI is InChI=1S/C11H12ClF3N2O/c12-6-7-16-10(18)17-9(11(13,14)15)8-4-2-1-3-5-8/h1-5,9H,6-7H2,(H2,16,17,18). The van der Waals surface area contributed by atoms with Gasteiger partial charge < -0.3 is 10.6 Å². The van der Waals surface area contributed by atoms with Crippen LogP contribution in [0.5, 0.6) is 0 Å².